The highest BCUT2D eigenvalue weighted by atomic mass is 16.5. The first-order chi connectivity index (χ1) is 12.8. The number of nitrogens with one attached hydrogen (secondary N) is 1. The van der Waals surface area contributed by atoms with Crippen molar-refractivity contribution in [1.29, 1.82) is 0 Å². The monoisotopic (exact) mass is 363 g/mol. The largest absolute Gasteiger partial charge is 0.497 e. The molecule has 0 bridgehead atoms. The first-order valence-corrected chi connectivity index (χ1v) is 8.88. The number of nitrogens with zero attached hydrogens (tertiary/aromatic N) is 2. The minimum Gasteiger partial charge on any atom is -0.497 e. The predicted octanol–water partition coefficient (Wildman–Crippen LogP) is 4.65. The standard InChI is InChI=1S/C22H25N3O2/c1-22(2,3)16-11-9-15(10-12-16)19-14-20(25(4)24-19)21(26)23-17-7-6-8-18(13-17)27-5/h6-14H,1-5H3,(H,23,26). The third-order valence-electron chi connectivity index (χ3n) is 4.49. The van der Waals surface area contributed by atoms with Gasteiger partial charge in [0.05, 0.1) is 12.8 Å². The lowest BCUT2D eigenvalue weighted by Gasteiger charge is -2.18. The van der Waals surface area contributed by atoms with Crippen LogP contribution in [0.2, 0.25) is 0 Å². The van der Waals surface area contributed by atoms with E-state index in [1.54, 1.807) is 24.9 Å². The number of aromatic nitrogens is 2. The molecule has 0 unspecified atom stereocenters. The van der Waals surface area contributed by atoms with Gasteiger partial charge in [-0.05, 0) is 29.2 Å². The van der Waals surface area contributed by atoms with Crippen molar-refractivity contribution in [3.63, 3.8) is 0 Å². The Morgan fingerprint density at radius 3 is 2.41 bits per heavy atom. The molecule has 0 atom stereocenters. The Kier molecular flexibility index (Phi) is 5.04. The van der Waals surface area contributed by atoms with E-state index in [-0.39, 0.29) is 11.3 Å². The van der Waals surface area contributed by atoms with Gasteiger partial charge in [0.25, 0.3) is 5.91 Å². The van der Waals surface area contributed by atoms with Gasteiger partial charge in [-0.25, -0.2) is 0 Å². The van der Waals surface area contributed by atoms with E-state index in [1.807, 2.05) is 36.4 Å². The first kappa shape index (κ1) is 18.7. The van der Waals surface area contributed by atoms with E-state index >= 15 is 0 Å². The zero-order chi connectivity index (χ0) is 19.6. The summed E-state index contributed by atoms with van der Waals surface area (Å²) in [6.07, 6.45) is 0. The lowest BCUT2D eigenvalue weighted by atomic mass is 9.86. The smallest absolute Gasteiger partial charge is 0.273 e. The van der Waals surface area contributed by atoms with Crippen molar-refractivity contribution in [2.24, 2.45) is 7.05 Å². The maximum absolute atomic E-state index is 12.7. The van der Waals surface area contributed by atoms with E-state index in [1.165, 1.54) is 5.56 Å². The molecular weight excluding hydrogens is 338 g/mol. The van der Waals surface area contributed by atoms with Gasteiger partial charge in [-0.1, -0.05) is 51.1 Å². The molecule has 5 nitrogen and oxygen atoms in total. The number of carbonyl (C=O) groups is 1. The topological polar surface area (TPSA) is 56.1 Å². The Morgan fingerprint density at radius 2 is 1.78 bits per heavy atom. The fourth-order valence-electron chi connectivity index (χ4n) is 2.86. The number of hydrogen-bond donors (Lipinski definition) is 1. The third kappa shape index (κ3) is 4.19. The average Bonchev–Trinajstić information content (AvgIpc) is 3.03. The zero-order valence-corrected chi connectivity index (χ0v) is 16.4. The van der Waals surface area contributed by atoms with Crippen LogP contribution < -0.4 is 10.1 Å². The van der Waals surface area contributed by atoms with Gasteiger partial charge >= 0.3 is 0 Å². The van der Waals surface area contributed by atoms with Crippen LogP contribution in [-0.4, -0.2) is 22.8 Å². The molecule has 0 spiro atoms. The van der Waals surface area contributed by atoms with Crippen molar-refractivity contribution in [2.45, 2.75) is 26.2 Å². The molecule has 0 aliphatic heterocycles. The average molecular weight is 363 g/mol. The Labute approximate surface area is 160 Å². The number of anilines is 1. The molecule has 0 radical (unpaired) electrons. The van der Waals surface area contributed by atoms with Crippen molar-refractivity contribution < 1.29 is 9.53 Å². The summed E-state index contributed by atoms with van der Waals surface area (Å²) in [6, 6.07) is 17.4. The second kappa shape index (κ2) is 7.27. The summed E-state index contributed by atoms with van der Waals surface area (Å²) in [6.45, 7) is 6.55. The molecule has 0 aliphatic rings. The molecule has 0 aliphatic carbocycles. The van der Waals surface area contributed by atoms with Crippen LogP contribution in [0.1, 0.15) is 36.8 Å². The van der Waals surface area contributed by atoms with Crippen molar-refractivity contribution >= 4 is 11.6 Å². The van der Waals surface area contributed by atoms with Crippen LogP contribution in [0.3, 0.4) is 0 Å². The highest BCUT2D eigenvalue weighted by Crippen LogP contribution is 2.26. The number of ether oxygens (including phenoxy) is 1. The maximum atomic E-state index is 12.7. The van der Waals surface area contributed by atoms with Crippen LogP contribution >= 0.6 is 0 Å². The first-order valence-electron chi connectivity index (χ1n) is 8.88. The Morgan fingerprint density at radius 1 is 1.07 bits per heavy atom. The zero-order valence-electron chi connectivity index (χ0n) is 16.4. The van der Waals surface area contributed by atoms with Crippen LogP contribution in [0.4, 0.5) is 5.69 Å². The molecule has 2 aromatic carbocycles. The van der Waals surface area contributed by atoms with Gasteiger partial charge in [-0.3, -0.25) is 9.48 Å². The molecule has 1 heterocycles. The molecule has 3 rings (SSSR count). The summed E-state index contributed by atoms with van der Waals surface area (Å²) in [5.74, 6) is 0.480. The summed E-state index contributed by atoms with van der Waals surface area (Å²) in [5, 5.41) is 7.39. The summed E-state index contributed by atoms with van der Waals surface area (Å²) < 4.78 is 6.79. The minimum absolute atomic E-state index is 0.102. The lowest BCUT2D eigenvalue weighted by molar-refractivity contribution is 0.101. The second-order valence-corrected chi connectivity index (χ2v) is 7.55. The number of aryl methyl sites for hydroxylation is 1. The van der Waals surface area contributed by atoms with Crippen LogP contribution in [0.15, 0.2) is 54.6 Å². The molecule has 5 heteroatoms. The molecule has 3 aromatic rings. The van der Waals surface area contributed by atoms with E-state index in [0.717, 1.165) is 11.3 Å². The summed E-state index contributed by atoms with van der Waals surface area (Å²) in [4.78, 5) is 12.7. The number of methoxy groups -OCH3 is 1. The molecule has 1 N–H and O–H groups in total. The van der Waals surface area contributed by atoms with Crippen LogP contribution in [-0.2, 0) is 12.5 Å². The van der Waals surface area contributed by atoms with Gasteiger partial charge in [-0.15, -0.1) is 0 Å². The number of carbonyl (C=O) groups excluding carboxylic acids is 1. The van der Waals surface area contributed by atoms with Crippen molar-refractivity contribution in [3.8, 4) is 17.0 Å². The van der Waals surface area contributed by atoms with Crippen molar-refractivity contribution in [3.05, 3.63) is 65.9 Å². The van der Waals surface area contributed by atoms with Gasteiger partial charge < -0.3 is 10.1 Å². The second-order valence-electron chi connectivity index (χ2n) is 7.55. The fourth-order valence-corrected chi connectivity index (χ4v) is 2.86. The molecule has 0 saturated carbocycles. The molecule has 1 aromatic heterocycles. The van der Waals surface area contributed by atoms with E-state index in [2.05, 4.69) is 43.3 Å². The highest BCUT2D eigenvalue weighted by Gasteiger charge is 2.16. The summed E-state index contributed by atoms with van der Waals surface area (Å²) in [7, 11) is 3.37. The summed E-state index contributed by atoms with van der Waals surface area (Å²) in [5.41, 5.74) is 4.29. The van der Waals surface area contributed by atoms with Gasteiger partial charge in [0.1, 0.15) is 11.4 Å². The Balaban J connectivity index is 1.82. The fraction of sp³-hybridized carbons (Fsp3) is 0.273. The number of hydrogen-bond acceptors (Lipinski definition) is 3. The van der Waals surface area contributed by atoms with Gasteiger partial charge in [0, 0.05) is 24.4 Å². The van der Waals surface area contributed by atoms with E-state index in [4.69, 9.17) is 4.74 Å². The number of benzene rings is 2. The highest BCUT2D eigenvalue weighted by molar-refractivity contribution is 6.03. The Hall–Kier alpha value is -3.08. The molecular formula is C22H25N3O2. The Bertz CT molecular complexity index is 950. The molecule has 27 heavy (non-hydrogen) atoms. The number of rotatable bonds is 4. The normalized spacial score (nSPS) is 11.3. The van der Waals surface area contributed by atoms with E-state index < -0.39 is 0 Å². The predicted molar refractivity (Wildman–Crippen MR) is 108 cm³/mol. The SMILES string of the molecule is COc1cccc(NC(=O)c2cc(-c3ccc(C(C)(C)C)cc3)nn2C)c1. The molecule has 140 valence electrons. The molecule has 1 amide bonds. The van der Waals surface area contributed by atoms with E-state index in [9.17, 15) is 4.79 Å². The maximum Gasteiger partial charge on any atom is 0.273 e. The van der Waals surface area contributed by atoms with Crippen LogP contribution in [0, 0.1) is 0 Å². The molecule has 0 saturated heterocycles. The van der Waals surface area contributed by atoms with Gasteiger partial charge in [-0.2, -0.15) is 5.10 Å². The quantitative estimate of drug-likeness (QED) is 0.734. The van der Waals surface area contributed by atoms with Crippen LogP contribution in [0.25, 0.3) is 11.3 Å². The summed E-state index contributed by atoms with van der Waals surface area (Å²) >= 11 is 0. The van der Waals surface area contributed by atoms with Crippen LogP contribution in [0.5, 0.6) is 5.75 Å². The third-order valence-corrected chi connectivity index (χ3v) is 4.49. The van der Waals surface area contributed by atoms with Crippen molar-refractivity contribution in [1.82, 2.24) is 9.78 Å². The van der Waals surface area contributed by atoms with Gasteiger partial charge in [0.15, 0.2) is 0 Å². The van der Waals surface area contributed by atoms with E-state index in [0.29, 0.717) is 17.1 Å². The number of amides is 1. The minimum atomic E-state index is -0.212. The van der Waals surface area contributed by atoms with Gasteiger partial charge in [0.2, 0.25) is 0 Å². The molecule has 0 fully saturated rings. The van der Waals surface area contributed by atoms with Crippen molar-refractivity contribution in [2.75, 3.05) is 12.4 Å². The lowest BCUT2D eigenvalue weighted by Crippen LogP contribution is -2.16.